The van der Waals surface area contributed by atoms with Gasteiger partial charge >= 0.3 is 0 Å². The minimum Gasteiger partial charge on any atom is -0.394 e. The van der Waals surface area contributed by atoms with Gasteiger partial charge in [-0.15, -0.1) is 13.2 Å². The van der Waals surface area contributed by atoms with Gasteiger partial charge in [0.05, 0.1) is 4.91 Å². The molecule has 0 aromatic heterocycles. The van der Waals surface area contributed by atoms with E-state index in [-0.39, 0.29) is 45.6 Å². The maximum absolute atomic E-state index is 11.8. The number of carbonyl (C=O) groups is 3. The monoisotopic (exact) mass is 726 g/mol. The molecule has 1 aliphatic heterocycles. The molecule has 0 aromatic rings. The average Bonchev–Trinajstić information content (AvgIpc) is 3.11. The molecule has 1 fully saturated rings. The van der Waals surface area contributed by atoms with Gasteiger partial charge in [0.15, 0.2) is 0 Å². The van der Waals surface area contributed by atoms with Gasteiger partial charge in [-0.3, -0.25) is 14.4 Å². The lowest BCUT2D eigenvalue weighted by Crippen LogP contribution is -2.35. The van der Waals surface area contributed by atoms with E-state index in [9.17, 15) is 14.4 Å². The van der Waals surface area contributed by atoms with Crippen molar-refractivity contribution in [2.24, 2.45) is 21.7 Å². The number of hydrogen-bond donors (Lipinski definition) is 3. The topological polar surface area (TPSA) is 131 Å². The average molecular weight is 726 g/mol. The highest BCUT2D eigenvalue weighted by Gasteiger charge is 2.25. The summed E-state index contributed by atoms with van der Waals surface area (Å²) < 4.78 is 4.16. The van der Waals surface area contributed by atoms with Crippen LogP contribution in [0.1, 0.15) is 102 Å². The van der Waals surface area contributed by atoms with Gasteiger partial charge in [0.2, 0.25) is 5.91 Å². The van der Waals surface area contributed by atoms with Crippen molar-refractivity contribution in [3.8, 4) is 0 Å². The van der Waals surface area contributed by atoms with Crippen LogP contribution < -0.4 is 16.8 Å². The van der Waals surface area contributed by atoms with Crippen LogP contribution in [-0.2, 0) is 25.1 Å². The van der Waals surface area contributed by atoms with Gasteiger partial charge < -0.3 is 21.7 Å². The van der Waals surface area contributed by atoms with Crippen LogP contribution in [0.5, 0.6) is 0 Å². The van der Waals surface area contributed by atoms with Crippen molar-refractivity contribution in [3.63, 3.8) is 0 Å². The number of nitrogens with two attached hydrogens (primary N) is 2. The summed E-state index contributed by atoms with van der Waals surface area (Å²) in [7, 11) is 3.26. The summed E-state index contributed by atoms with van der Waals surface area (Å²) in [5.74, 6) is 1.16. The number of hydrogen-bond acceptors (Lipinski definition) is 6. The molecule has 0 atom stereocenters. The summed E-state index contributed by atoms with van der Waals surface area (Å²) in [5.41, 5.74) is 12.3. The number of primary amides is 1. The summed E-state index contributed by atoms with van der Waals surface area (Å²) in [6.07, 6.45) is 12.8. The van der Waals surface area contributed by atoms with Crippen LogP contribution in [0.15, 0.2) is 88.7 Å². The molecule has 0 bridgehead atoms. The third-order valence-corrected chi connectivity index (χ3v) is 8.41. The Morgan fingerprint density at radius 3 is 1.80 bits per heavy atom. The Hall–Kier alpha value is -2.95. The second-order valence-electron chi connectivity index (χ2n) is 10.3. The van der Waals surface area contributed by atoms with Crippen LogP contribution in [0.25, 0.3) is 0 Å². The molecule has 0 aromatic carbocycles. The number of rotatable bonds is 10. The number of nitrogens with zero attached hydrogens (tertiary/aromatic N) is 2. The summed E-state index contributed by atoms with van der Waals surface area (Å²) in [6.45, 7) is 37.7. The Morgan fingerprint density at radius 1 is 0.980 bits per heavy atom. The van der Waals surface area contributed by atoms with E-state index in [4.69, 9.17) is 11.5 Å². The van der Waals surface area contributed by atoms with Crippen LogP contribution in [0.4, 0.5) is 0 Å². The summed E-state index contributed by atoms with van der Waals surface area (Å²) in [4.78, 5) is 37.1. The number of thioether (sulfide) groups is 1. The first kappa shape index (κ1) is 58.3. The van der Waals surface area contributed by atoms with Crippen LogP contribution >= 0.6 is 11.8 Å². The van der Waals surface area contributed by atoms with Gasteiger partial charge in [-0.05, 0) is 65.4 Å². The van der Waals surface area contributed by atoms with E-state index in [0.29, 0.717) is 4.91 Å². The normalized spacial score (nSPS) is 15.3. The second kappa shape index (κ2) is 41.2. The summed E-state index contributed by atoms with van der Waals surface area (Å²) in [5, 5.41) is 5.25. The highest BCUT2D eigenvalue weighted by molar-refractivity contribution is 8.06. The van der Waals surface area contributed by atoms with Crippen molar-refractivity contribution < 1.29 is 14.4 Å². The van der Waals surface area contributed by atoms with E-state index in [1.807, 2.05) is 73.8 Å². The van der Waals surface area contributed by atoms with Crippen molar-refractivity contribution in [1.29, 1.82) is 0 Å². The molecule has 286 valence electrons. The fourth-order valence-corrected chi connectivity index (χ4v) is 5.64. The summed E-state index contributed by atoms with van der Waals surface area (Å²) in [6, 6.07) is 0. The maximum Gasteiger partial charge on any atom is 0.298 e. The molecular weight excluding hydrogens is 651 g/mol. The molecule has 0 saturated carbocycles. The predicted octanol–water partition coefficient (Wildman–Crippen LogP) is 9.26. The van der Waals surface area contributed by atoms with E-state index >= 15 is 0 Å². The second-order valence-corrected chi connectivity index (χ2v) is 13.2. The molecule has 0 spiro atoms. The first-order valence-electron chi connectivity index (χ1n) is 17.2. The van der Waals surface area contributed by atoms with Crippen molar-refractivity contribution >= 4 is 40.2 Å². The highest BCUT2D eigenvalue weighted by Crippen LogP contribution is 2.22. The van der Waals surface area contributed by atoms with Crippen LogP contribution in [-0.4, -0.2) is 60.3 Å². The molecule has 3 amide bonds. The van der Waals surface area contributed by atoms with Crippen LogP contribution in [0, 0.1) is 5.92 Å². The number of nitrogens with one attached hydrogen (secondary N) is 1. The molecule has 49 heavy (non-hydrogen) atoms. The molecule has 10 heteroatoms. The Morgan fingerprint density at radius 2 is 1.45 bits per heavy atom. The van der Waals surface area contributed by atoms with Gasteiger partial charge in [-0.25, -0.2) is 0 Å². The Kier molecular flexibility index (Phi) is 49.0. The minimum atomic E-state index is -0.345. The van der Waals surface area contributed by atoms with Gasteiger partial charge in [-0.1, -0.05) is 120 Å². The van der Waals surface area contributed by atoms with Crippen LogP contribution in [0.3, 0.4) is 0 Å². The molecular formula is C39H75N5O3S2. The number of amides is 3. The lowest BCUT2D eigenvalue weighted by atomic mass is 10.0. The fraction of sp³-hybridized carbons (Fsp3) is 0.564. The molecule has 1 heterocycles. The molecule has 0 radical (unpaired) electrons. The fourth-order valence-electron chi connectivity index (χ4n) is 3.01. The molecule has 8 nitrogen and oxygen atoms in total. The molecule has 0 aliphatic carbocycles. The van der Waals surface area contributed by atoms with Gasteiger partial charge in [0, 0.05) is 43.6 Å². The van der Waals surface area contributed by atoms with Crippen molar-refractivity contribution in [2.45, 2.75) is 108 Å². The van der Waals surface area contributed by atoms with E-state index in [1.165, 1.54) is 11.8 Å². The highest BCUT2D eigenvalue weighted by atomic mass is 32.2. The lowest BCUT2D eigenvalue weighted by molar-refractivity contribution is -0.133. The van der Waals surface area contributed by atoms with E-state index in [0.717, 1.165) is 42.9 Å². The largest absolute Gasteiger partial charge is 0.394 e. The first-order chi connectivity index (χ1) is 23.1. The smallest absolute Gasteiger partial charge is 0.298 e. The zero-order chi connectivity index (χ0) is 40.0. The quantitative estimate of drug-likeness (QED) is 0.117. The molecule has 1 saturated heterocycles. The zero-order valence-corrected chi connectivity index (χ0v) is 35.4. The van der Waals surface area contributed by atoms with E-state index < -0.39 is 0 Å². The molecule has 1 rings (SSSR count). The SMILES string of the molecule is C/C=C/C=C(\N)C(=O)N=S1CCC(C(=O)N(C)C)CC1.C=C.C=CC=C.CC.CC.CC.CC/C(C)=C(/S/C=C/CNC(C)(C)C)C(N)=O. The minimum absolute atomic E-state index is 0.0787. The lowest BCUT2D eigenvalue weighted by Gasteiger charge is -2.25. The Balaban J connectivity index is -0.000000144. The third kappa shape index (κ3) is 37.7. The number of allylic oxidation sites excluding steroid dienone is 6. The van der Waals surface area contributed by atoms with E-state index in [2.05, 4.69) is 56.8 Å². The van der Waals surface area contributed by atoms with Crippen LogP contribution in [0.2, 0.25) is 0 Å². The predicted molar refractivity (Wildman–Crippen MR) is 225 cm³/mol. The standard InChI is InChI=1S/C14H23N3O2S.C13H24N2OS.C4H6.3C2H6.C2H4/c1-4-5-6-12(15)13(18)16-20-9-7-11(8-10-20)14(19)17(2)3;1-6-10(2)11(12(14)16)17-9-7-8-15-13(3,4)5;1-3-4-2;4*1-2/h4-6,11H,7-10,15H2,1-3H3;7,9,15H,6,8H2,1-5H3,(H2,14,16);3-4H,1-2H2;3*1-2H3;1-2H2/b5-4+,12-6-;9-7+,11-10+;;;;;. The molecule has 1 aliphatic rings. The van der Waals surface area contributed by atoms with Crippen molar-refractivity contribution in [1.82, 2.24) is 10.2 Å². The summed E-state index contributed by atoms with van der Waals surface area (Å²) >= 11 is 1.40. The third-order valence-electron chi connectivity index (χ3n) is 5.46. The Labute approximate surface area is 309 Å². The van der Waals surface area contributed by atoms with Gasteiger partial charge in [-0.2, -0.15) is 4.36 Å². The van der Waals surface area contributed by atoms with Crippen molar-refractivity contribution in [2.75, 3.05) is 32.1 Å². The maximum atomic E-state index is 11.8. The molecule has 5 N–H and O–H groups in total. The van der Waals surface area contributed by atoms with Crippen molar-refractivity contribution in [3.05, 3.63) is 84.4 Å². The Bertz CT molecular complexity index is 1020. The first-order valence-corrected chi connectivity index (χ1v) is 19.6. The van der Waals surface area contributed by atoms with Gasteiger partial charge in [0.25, 0.3) is 11.8 Å². The van der Waals surface area contributed by atoms with E-state index in [1.54, 1.807) is 49.4 Å². The molecule has 0 unspecified atom stereocenters. The number of carbonyl (C=O) groups excluding carboxylic acids is 3. The zero-order valence-electron chi connectivity index (χ0n) is 33.8. The van der Waals surface area contributed by atoms with Gasteiger partial charge in [0.1, 0.15) is 5.70 Å².